The van der Waals surface area contributed by atoms with Crippen molar-refractivity contribution in [3.8, 4) is 0 Å². The highest BCUT2D eigenvalue weighted by Gasteiger charge is 2.34. The third-order valence-corrected chi connectivity index (χ3v) is 5.52. The maximum absolute atomic E-state index is 12.5. The lowest BCUT2D eigenvalue weighted by atomic mass is 9.91. The van der Waals surface area contributed by atoms with Gasteiger partial charge in [-0.3, -0.25) is 9.78 Å². The van der Waals surface area contributed by atoms with Crippen molar-refractivity contribution in [2.45, 2.75) is 37.8 Å². The molecular weight excluding hydrogens is 338 g/mol. The molecule has 1 amide bonds. The summed E-state index contributed by atoms with van der Waals surface area (Å²) in [5.41, 5.74) is 2.38. The molecule has 1 saturated heterocycles. The molecule has 5 nitrogen and oxygen atoms in total. The van der Waals surface area contributed by atoms with Crippen LogP contribution in [0.4, 0.5) is 0 Å². The van der Waals surface area contributed by atoms with E-state index < -0.39 is 5.60 Å². The molecule has 1 N–H and O–H groups in total. The predicted molar refractivity (Wildman–Crippen MR) is 105 cm³/mol. The van der Waals surface area contributed by atoms with Gasteiger partial charge in [0.05, 0.1) is 23.2 Å². The Balaban J connectivity index is 1.33. The number of hydrogen-bond donors (Lipinski definition) is 1. The van der Waals surface area contributed by atoms with Gasteiger partial charge in [-0.1, -0.05) is 30.3 Å². The van der Waals surface area contributed by atoms with Gasteiger partial charge in [0.1, 0.15) is 0 Å². The van der Waals surface area contributed by atoms with Crippen LogP contribution in [0.1, 0.15) is 24.8 Å². The fourth-order valence-corrected chi connectivity index (χ4v) is 3.86. The lowest BCUT2D eigenvalue weighted by molar-refractivity contribution is -0.135. The summed E-state index contributed by atoms with van der Waals surface area (Å²) < 4.78 is 2.06. The van der Waals surface area contributed by atoms with Crippen LogP contribution < -0.4 is 0 Å². The maximum Gasteiger partial charge on any atom is 0.222 e. The van der Waals surface area contributed by atoms with Crippen molar-refractivity contribution in [1.82, 2.24) is 14.5 Å². The molecule has 0 saturated carbocycles. The molecule has 0 radical (unpaired) electrons. The Morgan fingerprint density at radius 3 is 2.63 bits per heavy atom. The summed E-state index contributed by atoms with van der Waals surface area (Å²) in [6.07, 6.45) is 6.25. The Labute approximate surface area is 159 Å². The van der Waals surface area contributed by atoms with E-state index in [9.17, 15) is 9.90 Å². The normalized spacial score (nSPS) is 16.6. The van der Waals surface area contributed by atoms with Crippen LogP contribution in [-0.4, -0.2) is 44.2 Å². The molecule has 1 aromatic carbocycles. The molecule has 0 atom stereocenters. The molecule has 3 aromatic rings. The number of fused-ring (bicyclic) bond motifs is 1. The van der Waals surface area contributed by atoms with Crippen LogP contribution in [0, 0.1) is 0 Å². The van der Waals surface area contributed by atoms with Crippen molar-refractivity contribution in [3.05, 3.63) is 66.5 Å². The lowest BCUT2D eigenvalue weighted by Crippen LogP contribution is -2.48. The number of aromatic nitrogens is 2. The Hall–Kier alpha value is -2.66. The minimum atomic E-state index is -0.780. The zero-order valence-corrected chi connectivity index (χ0v) is 15.4. The Morgan fingerprint density at radius 2 is 1.85 bits per heavy atom. The fourth-order valence-electron chi connectivity index (χ4n) is 3.86. The maximum atomic E-state index is 12.5. The van der Waals surface area contributed by atoms with Crippen molar-refractivity contribution in [2.75, 3.05) is 13.1 Å². The van der Waals surface area contributed by atoms with E-state index in [4.69, 9.17) is 0 Å². The van der Waals surface area contributed by atoms with E-state index in [0.29, 0.717) is 38.9 Å². The number of benzene rings is 1. The second-order valence-corrected chi connectivity index (χ2v) is 7.44. The minimum Gasteiger partial charge on any atom is -0.388 e. The number of carbonyl (C=O) groups excluding carboxylic acids is 1. The highest BCUT2D eigenvalue weighted by Crippen LogP contribution is 2.26. The number of piperidine rings is 1. The molecule has 1 fully saturated rings. The van der Waals surface area contributed by atoms with Crippen LogP contribution in [0.15, 0.2) is 60.9 Å². The van der Waals surface area contributed by atoms with E-state index in [1.807, 2.05) is 47.5 Å². The van der Waals surface area contributed by atoms with E-state index in [1.54, 1.807) is 6.20 Å². The van der Waals surface area contributed by atoms with Crippen LogP contribution in [0.2, 0.25) is 0 Å². The average molecular weight is 363 g/mol. The summed E-state index contributed by atoms with van der Waals surface area (Å²) in [7, 11) is 0. The topological polar surface area (TPSA) is 58.4 Å². The first-order valence-electron chi connectivity index (χ1n) is 9.57. The van der Waals surface area contributed by atoms with Gasteiger partial charge in [-0.25, -0.2) is 0 Å². The molecule has 2 aromatic heterocycles. The first kappa shape index (κ1) is 17.7. The van der Waals surface area contributed by atoms with Crippen molar-refractivity contribution in [2.24, 2.45) is 0 Å². The number of amides is 1. The standard InChI is InChI=1S/C22H25N3O2/c26-21(9-8-18-5-2-1-3-6-18)24-15-11-22(27,12-16-24)17-25-14-10-19-20(25)7-4-13-23-19/h1-7,10,13-14,27H,8-9,11-12,15-17H2. The molecule has 0 spiro atoms. The van der Waals surface area contributed by atoms with Gasteiger partial charge in [0.15, 0.2) is 0 Å². The smallest absolute Gasteiger partial charge is 0.222 e. The van der Waals surface area contributed by atoms with Gasteiger partial charge in [0.25, 0.3) is 0 Å². The van der Waals surface area contributed by atoms with E-state index >= 15 is 0 Å². The second-order valence-electron chi connectivity index (χ2n) is 7.44. The monoisotopic (exact) mass is 363 g/mol. The molecule has 3 heterocycles. The van der Waals surface area contributed by atoms with E-state index in [1.165, 1.54) is 5.56 Å². The Bertz CT molecular complexity index is 911. The quantitative estimate of drug-likeness (QED) is 0.758. The highest BCUT2D eigenvalue weighted by atomic mass is 16.3. The average Bonchev–Trinajstić information content (AvgIpc) is 3.10. The summed E-state index contributed by atoms with van der Waals surface area (Å²) >= 11 is 0. The number of nitrogens with zero attached hydrogens (tertiary/aromatic N) is 3. The molecular formula is C22H25N3O2. The molecule has 0 aliphatic carbocycles. The van der Waals surface area contributed by atoms with Crippen molar-refractivity contribution in [1.29, 1.82) is 0 Å². The van der Waals surface area contributed by atoms with Crippen molar-refractivity contribution < 1.29 is 9.90 Å². The van der Waals surface area contributed by atoms with Gasteiger partial charge in [0.2, 0.25) is 5.91 Å². The molecule has 1 aliphatic rings. The van der Waals surface area contributed by atoms with Crippen LogP contribution in [0.25, 0.3) is 11.0 Å². The lowest BCUT2D eigenvalue weighted by Gasteiger charge is -2.38. The summed E-state index contributed by atoms with van der Waals surface area (Å²) in [5, 5.41) is 11.0. The van der Waals surface area contributed by atoms with Gasteiger partial charge in [-0.15, -0.1) is 0 Å². The van der Waals surface area contributed by atoms with Gasteiger partial charge in [-0.2, -0.15) is 0 Å². The van der Waals surface area contributed by atoms with E-state index in [0.717, 1.165) is 17.5 Å². The van der Waals surface area contributed by atoms with Crippen LogP contribution in [0.5, 0.6) is 0 Å². The molecule has 5 heteroatoms. The Kier molecular flexibility index (Phi) is 4.94. The van der Waals surface area contributed by atoms with Crippen LogP contribution in [0.3, 0.4) is 0 Å². The van der Waals surface area contributed by atoms with Gasteiger partial charge < -0.3 is 14.6 Å². The summed E-state index contributed by atoms with van der Waals surface area (Å²) in [5.74, 6) is 0.177. The van der Waals surface area contributed by atoms with Crippen LogP contribution >= 0.6 is 0 Å². The molecule has 0 unspecified atom stereocenters. The third kappa shape index (κ3) is 4.03. The zero-order chi connectivity index (χ0) is 18.7. The van der Waals surface area contributed by atoms with Crippen molar-refractivity contribution >= 4 is 16.9 Å². The number of aliphatic hydroxyl groups is 1. The third-order valence-electron chi connectivity index (χ3n) is 5.52. The molecule has 0 bridgehead atoms. The number of pyridine rings is 1. The number of likely N-dealkylation sites (tertiary alicyclic amines) is 1. The first-order chi connectivity index (χ1) is 13.1. The predicted octanol–water partition coefficient (Wildman–Crippen LogP) is 3.02. The molecule has 27 heavy (non-hydrogen) atoms. The number of carbonyl (C=O) groups is 1. The second kappa shape index (κ2) is 7.53. The largest absolute Gasteiger partial charge is 0.388 e. The summed E-state index contributed by atoms with van der Waals surface area (Å²) in [4.78, 5) is 18.7. The Morgan fingerprint density at radius 1 is 1.07 bits per heavy atom. The van der Waals surface area contributed by atoms with Crippen LogP contribution in [-0.2, 0) is 17.8 Å². The molecule has 4 rings (SSSR count). The number of aryl methyl sites for hydroxylation is 1. The molecule has 140 valence electrons. The first-order valence-corrected chi connectivity index (χ1v) is 9.57. The molecule has 1 aliphatic heterocycles. The number of hydrogen-bond acceptors (Lipinski definition) is 3. The minimum absolute atomic E-state index is 0.177. The summed E-state index contributed by atoms with van der Waals surface area (Å²) in [6, 6.07) is 16.0. The van der Waals surface area contributed by atoms with E-state index in [-0.39, 0.29) is 5.91 Å². The zero-order valence-electron chi connectivity index (χ0n) is 15.4. The SMILES string of the molecule is O=C(CCc1ccccc1)N1CCC(O)(Cn2ccc3ncccc32)CC1. The van der Waals surface area contributed by atoms with Crippen molar-refractivity contribution in [3.63, 3.8) is 0 Å². The highest BCUT2D eigenvalue weighted by molar-refractivity contribution is 5.76. The van der Waals surface area contributed by atoms with Gasteiger partial charge in [0, 0.05) is 31.9 Å². The summed E-state index contributed by atoms with van der Waals surface area (Å²) in [6.45, 7) is 1.76. The fraction of sp³-hybridized carbons (Fsp3) is 0.364. The number of rotatable bonds is 5. The van der Waals surface area contributed by atoms with E-state index in [2.05, 4.69) is 21.7 Å². The van der Waals surface area contributed by atoms with Gasteiger partial charge in [-0.05, 0) is 43.0 Å². The van der Waals surface area contributed by atoms with Gasteiger partial charge >= 0.3 is 0 Å².